The minimum Gasteiger partial charge on any atom is -0.495 e. The molecule has 1 saturated carbocycles. The number of carbonyl (C=O) groups excluding carboxylic acids is 1. The molecule has 3 rings (SSSR count). The molecule has 2 aromatic carbocycles. The predicted octanol–water partition coefficient (Wildman–Crippen LogP) is 2.97. The van der Waals surface area contributed by atoms with E-state index in [1.165, 1.54) is 29.6 Å². The van der Waals surface area contributed by atoms with E-state index in [1.807, 2.05) is 0 Å². The monoisotopic (exact) mass is 386 g/mol. The summed E-state index contributed by atoms with van der Waals surface area (Å²) in [6.07, 6.45) is 3.43. The standard InChI is InChI=1S/C20H22N2O4S/c1-3-13-22(18-9-4-5-10-19(18)26-2)27(24,25)17-8-6-7-15(14-17)20(23)21-16-11-12-16/h3-10,14,16H,1,11-13H2,2H3,(H,21,23). The van der Waals surface area contributed by atoms with Gasteiger partial charge in [-0.05, 0) is 43.2 Å². The van der Waals surface area contributed by atoms with Gasteiger partial charge in [-0.2, -0.15) is 0 Å². The molecule has 1 amide bonds. The Morgan fingerprint density at radius 1 is 1.26 bits per heavy atom. The van der Waals surface area contributed by atoms with Gasteiger partial charge in [0.05, 0.1) is 24.2 Å². The second-order valence-corrected chi connectivity index (χ2v) is 8.13. The van der Waals surface area contributed by atoms with E-state index in [0.717, 1.165) is 12.8 Å². The summed E-state index contributed by atoms with van der Waals surface area (Å²) in [5.41, 5.74) is 0.731. The third-order valence-electron chi connectivity index (χ3n) is 4.25. The first-order valence-electron chi connectivity index (χ1n) is 8.65. The van der Waals surface area contributed by atoms with Gasteiger partial charge in [-0.25, -0.2) is 8.42 Å². The van der Waals surface area contributed by atoms with E-state index in [1.54, 1.807) is 36.4 Å². The molecule has 0 aliphatic heterocycles. The Kier molecular flexibility index (Phi) is 5.51. The number of rotatable bonds is 8. The third-order valence-corrected chi connectivity index (χ3v) is 6.02. The largest absolute Gasteiger partial charge is 0.495 e. The van der Waals surface area contributed by atoms with Gasteiger partial charge >= 0.3 is 0 Å². The third kappa shape index (κ3) is 4.14. The van der Waals surface area contributed by atoms with E-state index in [-0.39, 0.29) is 23.4 Å². The van der Waals surface area contributed by atoms with E-state index in [9.17, 15) is 13.2 Å². The second kappa shape index (κ2) is 7.84. The molecule has 27 heavy (non-hydrogen) atoms. The van der Waals surface area contributed by atoms with Gasteiger partial charge in [-0.3, -0.25) is 9.10 Å². The Hall–Kier alpha value is -2.80. The molecule has 0 unspecified atom stereocenters. The van der Waals surface area contributed by atoms with Crippen molar-refractivity contribution in [2.45, 2.75) is 23.8 Å². The molecule has 0 spiro atoms. The highest BCUT2D eigenvalue weighted by molar-refractivity contribution is 7.92. The van der Waals surface area contributed by atoms with Crippen LogP contribution in [0.4, 0.5) is 5.69 Å². The Labute approximate surface area is 159 Å². The first-order chi connectivity index (χ1) is 13.0. The minimum absolute atomic E-state index is 0.0405. The van der Waals surface area contributed by atoms with Gasteiger partial charge in [0, 0.05) is 11.6 Å². The summed E-state index contributed by atoms with van der Waals surface area (Å²) in [6.45, 7) is 3.73. The summed E-state index contributed by atoms with van der Waals surface area (Å²) in [7, 11) is -2.43. The SMILES string of the molecule is C=CCN(c1ccccc1OC)S(=O)(=O)c1cccc(C(=O)NC2CC2)c1. The van der Waals surface area contributed by atoms with Gasteiger partial charge in [0.1, 0.15) is 5.75 Å². The van der Waals surface area contributed by atoms with E-state index in [4.69, 9.17) is 4.74 Å². The lowest BCUT2D eigenvalue weighted by Gasteiger charge is -2.25. The predicted molar refractivity (Wildman–Crippen MR) is 105 cm³/mol. The van der Waals surface area contributed by atoms with E-state index >= 15 is 0 Å². The molecule has 0 aromatic heterocycles. The number of amides is 1. The molecule has 6 nitrogen and oxygen atoms in total. The van der Waals surface area contributed by atoms with Crippen LogP contribution in [0.25, 0.3) is 0 Å². The van der Waals surface area contributed by atoms with Gasteiger partial charge in [0.2, 0.25) is 0 Å². The Morgan fingerprint density at radius 2 is 2.00 bits per heavy atom. The number of benzene rings is 2. The van der Waals surface area contributed by atoms with E-state index in [2.05, 4.69) is 11.9 Å². The number of hydrogen-bond acceptors (Lipinski definition) is 4. The molecule has 0 radical (unpaired) electrons. The molecular weight excluding hydrogens is 364 g/mol. The maximum atomic E-state index is 13.3. The van der Waals surface area contributed by atoms with Gasteiger partial charge in [0.25, 0.3) is 15.9 Å². The van der Waals surface area contributed by atoms with Crippen LogP contribution in [-0.2, 0) is 10.0 Å². The van der Waals surface area contributed by atoms with Crippen molar-refractivity contribution in [1.82, 2.24) is 5.32 Å². The first kappa shape index (κ1) is 19.0. The topological polar surface area (TPSA) is 75.7 Å². The zero-order chi connectivity index (χ0) is 19.4. The van der Waals surface area contributed by atoms with Gasteiger partial charge in [-0.1, -0.05) is 24.3 Å². The van der Waals surface area contributed by atoms with Crippen LogP contribution < -0.4 is 14.4 Å². The van der Waals surface area contributed by atoms with Crippen LogP contribution in [0.3, 0.4) is 0 Å². The van der Waals surface area contributed by atoms with Crippen molar-refractivity contribution in [3.8, 4) is 5.75 Å². The van der Waals surface area contributed by atoms with Crippen molar-refractivity contribution < 1.29 is 17.9 Å². The normalized spacial score (nSPS) is 13.7. The van der Waals surface area contributed by atoms with Crippen molar-refractivity contribution in [3.05, 3.63) is 66.7 Å². The number of anilines is 1. The van der Waals surface area contributed by atoms with Gasteiger partial charge in [0.15, 0.2) is 0 Å². The molecular formula is C20H22N2O4S. The van der Waals surface area contributed by atoms with Crippen LogP contribution in [0.15, 0.2) is 66.1 Å². The summed E-state index contributed by atoms with van der Waals surface area (Å²) < 4.78 is 33.1. The number of sulfonamides is 1. The number of ether oxygens (including phenoxy) is 1. The fraction of sp³-hybridized carbons (Fsp3) is 0.250. The number of para-hydroxylation sites is 2. The maximum Gasteiger partial charge on any atom is 0.264 e. The van der Waals surface area contributed by atoms with E-state index in [0.29, 0.717) is 17.0 Å². The minimum atomic E-state index is -3.92. The van der Waals surface area contributed by atoms with Crippen molar-refractivity contribution in [2.24, 2.45) is 0 Å². The van der Waals surface area contributed by atoms with Crippen LogP contribution >= 0.6 is 0 Å². The number of methoxy groups -OCH3 is 1. The smallest absolute Gasteiger partial charge is 0.264 e. The highest BCUT2D eigenvalue weighted by Gasteiger charge is 2.28. The molecule has 1 aliphatic rings. The van der Waals surface area contributed by atoms with Gasteiger partial charge in [-0.15, -0.1) is 6.58 Å². The molecule has 1 N–H and O–H groups in total. The number of nitrogens with zero attached hydrogens (tertiary/aromatic N) is 1. The number of carbonyl (C=O) groups is 1. The van der Waals surface area contributed by atoms with Crippen LogP contribution in [0.2, 0.25) is 0 Å². The number of nitrogens with one attached hydrogen (secondary N) is 1. The van der Waals surface area contributed by atoms with Crippen LogP contribution in [0.5, 0.6) is 5.75 Å². The summed E-state index contributed by atoms with van der Waals surface area (Å²) >= 11 is 0. The Morgan fingerprint density at radius 3 is 2.67 bits per heavy atom. The number of hydrogen-bond donors (Lipinski definition) is 1. The highest BCUT2D eigenvalue weighted by atomic mass is 32.2. The fourth-order valence-electron chi connectivity index (χ4n) is 2.70. The summed E-state index contributed by atoms with van der Waals surface area (Å²) in [4.78, 5) is 12.3. The molecule has 142 valence electrons. The molecule has 7 heteroatoms. The second-order valence-electron chi connectivity index (χ2n) is 6.27. The molecule has 0 atom stereocenters. The molecule has 1 aliphatic carbocycles. The zero-order valence-corrected chi connectivity index (χ0v) is 15.9. The van der Waals surface area contributed by atoms with Crippen LogP contribution in [-0.4, -0.2) is 34.0 Å². The Bertz CT molecular complexity index is 952. The molecule has 2 aromatic rings. The fourth-order valence-corrected chi connectivity index (χ4v) is 4.19. The average Bonchev–Trinajstić information content (AvgIpc) is 3.50. The molecule has 0 saturated heterocycles. The molecule has 1 fully saturated rings. The van der Waals surface area contributed by atoms with Crippen molar-refractivity contribution in [3.63, 3.8) is 0 Å². The summed E-state index contributed by atoms with van der Waals surface area (Å²) in [5.74, 6) is 0.174. The first-order valence-corrected chi connectivity index (χ1v) is 10.1. The summed E-state index contributed by atoms with van der Waals surface area (Å²) in [5, 5.41) is 2.87. The lowest BCUT2D eigenvalue weighted by molar-refractivity contribution is 0.0951. The highest BCUT2D eigenvalue weighted by Crippen LogP contribution is 2.32. The maximum absolute atomic E-state index is 13.3. The van der Waals surface area contributed by atoms with Crippen LogP contribution in [0.1, 0.15) is 23.2 Å². The van der Waals surface area contributed by atoms with Gasteiger partial charge < -0.3 is 10.1 Å². The van der Waals surface area contributed by atoms with Crippen molar-refractivity contribution in [2.75, 3.05) is 18.0 Å². The molecule has 0 bridgehead atoms. The van der Waals surface area contributed by atoms with Crippen molar-refractivity contribution in [1.29, 1.82) is 0 Å². The quantitative estimate of drug-likeness (QED) is 0.708. The van der Waals surface area contributed by atoms with Crippen molar-refractivity contribution >= 4 is 21.6 Å². The van der Waals surface area contributed by atoms with E-state index < -0.39 is 10.0 Å². The van der Waals surface area contributed by atoms with Crippen LogP contribution in [0, 0.1) is 0 Å². The molecule has 0 heterocycles. The average molecular weight is 386 g/mol. The summed E-state index contributed by atoms with van der Waals surface area (Å²) in [6, 6.07) is 13.1. The zero-order valence-electron chi connectivity index (χ0n) is 15.1. The lowest BCUT2D eigenvalue weighted by atomic mass is 10.2. The Balaban J connectivity index is 1.99. The lowest BCUT2D eigenvalue weighted by Crippen LogP contribution is -2.32.